The largest absolute Gasteiger partial charge is 0.483 e. The Morgan fingerprint density at radius 2 is 1.67 bits per heavy atom. The second kappa shape index (κ2) is 12.2. The van der Waals surface area contributed by atoms with Gasteiger partial charge in [-0.05, 0) is 49.2 Å². The molecule has 0 spiro atoms. The molecule has 0 unspecified atom stereocenters. The summed E-state index contributed by atoms with van der Waals surface area (Å²) in [5.74, 6) is -3.97. The summed E-state index contributed by atoms with van der Waals surface area (Å²) >= 11 is 0.412. The Hall–Kier alpha value is -3.14. The Morgan fingerprint density at radius 1 is 0.970 bits per heavy atom. The summed E-state index contributed by atoms with van der Waals surface area (Å²) in [6, 6.07) is 12.3. The second-order valence-corrected chi connectivity index (χ2v) is 8.42. The number of hydrogen-bond donors (Lipinski definition) is 2. The van der Waals surface area contributed by atoms with Crippen LogP contribution in [0.4, 0.5) is 14.5 Å². The van der Waals surface area contributed by atoms with Gasteiger partial charge in [-0.3, -0.25) is 9.59 Å². The first-order valence-corrected chi connectivity index (χ1v) is 11.3. The number of anilines is 1. The summed E-state index contributed by atoms with van der Waals surface area (Å²) in [6.45, 7) is -0.788. The molecule has 3 rings (SSSR count). The minimum absolute atomic E-state index is 0.0901. The molecule has 1 saturated carbocycles. The molecule has 0 aromatic heterocycles. The van der Waals surface area contributed by atoms with Gasteiger partial charge >= 0.3 is 5.97 Å². The van der Waals surface area contributed by atoms with Gasteiger partial charge in [-0.25, -0.2) is 4.79 Å². The van der Waals surface area contributed by atoms with Crippen molar-refractivity contribution in [2.75, 3.05) is 18.5 Å². The number of halogens is 2. The molecule has 7 nitrogen and oxygen atoms in total. The first kappa shape index (κ1) is 24.5. The number of rotatable bonds is 10. The predicted molar refractivity (Wildman–Crippen MR) is 120 cm³/mol. The van der Waals surface area contributed by atoms with Gasteiger partial charge in [0.25, 0.3) is 17.6 Å². The maximum absolute atomic E-state index is 12.4. The molecule has 33 heavy (non-hydrogen) atoms. The van der Waals surface area contributed by atoms with Crippen molar-refractivity contribution in [1.29, 1.82) is 0 Å². The predicted octanol–water partition coefficient (Wildman–Crippen LogP) is 4.23. The van der Waals surface area contributed by atoms with Crippen LogP contribution in [-0.4, -0.2) is 42.8 Å². The Balaban J connectivity index is 1.48. The van der Waals surface area contributed by atoms with Gasteiger partial charge in [-0.1, -0.05) is 36.7 Å². The molecule has 1 aliphatic rings. The number of thioether (sulfide) groups is 1. The van der Waals surface area contributed by atoms with E-state index in [1.54, 1.807) is 12.1 Å². The van der Waals surface area contributed by atoms with Gasteiger partial charge in [0.2, 0.25) is 0 Å². The van der Waals surface area contributed by atoms with Crippen LogP contribution in [0, 0.1) is 0 Å². The molecule has 176 valence electrons. The number of amides is 2. The summed E-state index contributed by atoms with van der Waals surface area (Å²) in [6.07, 6.45) is 4.01. The molecule has 2 N–H and O–H groups in total. The fourth-order valence-electron chi connectivity index (χ4n) is 3.37. The van der Waals surface area contributed by atoms with E-state index in [2.05, 4.69) is 10.6 Å². The highest BCUT2D eigenvalue weighted by Crippen LogP contribution is 2.26. The second-order valence-electron chi connectivity index (χ2n) is 7.36. The SMILES string of the molecule is O=C(COc1ccccc1C(=O)OCC(=O)NC1CCCC1)Nc1ccc(SC(F)F)cc1. The zero-order valence-electron chi connectivity index (χ0n) is 17.7. The van der Waals surface area contributed by atoms with Crippen LogP contribution in [-0.2, 0) is 14.3 Å². The summed E-state index contributed by atoms with van der Waals surface area (Å²) in [5.41, 5.74) is 0.510. The fraction of sp³-hybridized carbons (Fsp3) is 0.348. The lowest BCUT2D eigenvalue weighted by molar-refractivity contribution is -0.124. The topological polar surface area (TPSA) is 93.7 Å². The Morgan fingerprint density at radius 3 is 2.36 bits per heavy atom. The number of para-hydroxylation sites is 1. The van der Waals surface area contributed by atoms with Crippen molar-refractivity contribution in [2.24, 2.45) is 0 Å². The van der Waals surface area contributed by atoms with Crippen molar-refractivity contribution in [3.05, 3.63) is 54.1 Å². The van der Waals surface area contributed by atoms with Crippen molar-refractivity contribution >= 4 is 35.2 Å². The van der Waals surface area contributed by atoms with E-state index in [-0.39, 0.29) is 29.9 Å². The molecule has 2 aromatic carbocycles. The molecule has 10 heteroatoms. The van der Waals surface area contributed by atoms with Gasteiger partial charge < -0.3 is 20.1 Å². The zero-order valence-corrected chi connectivity index (χ0v) is 18.5. The van der Waals surface area contributed by atoms with E-state index in [9.17, 15) is 23.2 Å². The minimum Gasteiger partial charge on any atom is -0.483 e. The molecule has 0 atom stereocenters. The smallest absolute Gasteiger partial charge is 0.342 e. The van der Waals surface area contributed by atoms with Gasteiger partial charge in [-0.15, -0.1) is 0 Å². The maximum atomic E-state index is 12.4. The summed E-state index contributed by atoms with van der Waals surface area (Å²) in [7, 11) is 0. The molecule has 1 aliphatic carbocycles. The van der Waals surface area contributed by atoms with E-state index in [4.69, 9.17) is 9.47 Å². The minimum atomic E-state index is -2.52. The number of nitrogens with one attached hydrogen (secondary N) is 2. The molecule has 0 radical (unpaired) electrons. The summed E-state index contributed by atoms with van der Waals surface area (Å²) in [4.78, 5) is 36.9. The van der Waals surface area contributed by atoms with Gasteiger partial charge in [-0.2, -0.15) is 8.78 Å². The molecule has 0 heterocycles. The average Bonchev–Trinajstić information content (AvgIpc) is 3.30. The Bertz CT molecular complexity index is 966. The number of carbonyl (C=O) groups excluding carboxylic acids is 3. The molecule has 0 bridgehead atoms. The van der Waals surface area contributed by atoms with Crippen LogP contribution in [0.15, 0.2) is 53.4 Å². The van der Waals surface area contributed by atoms with Gasteiger partial charge in [0, 0.05) is 16.6 Å². The van der Waals surface area contributed by atoms with Crippen molar-refractivity contribution < 1.29 is 32.6 Å². The molecule has 0 saturated heterocycles. The van der Waals surface area contributed by atoms with E-state index in [1.807, 2.05) is 0 Å². The first-order chi connectivity index (χ1) is 15.9. The summed E-state index contributed by atoms with van der Waals surface area (Å²) < 4.78 is 35.3. The number of alkyl halides is 2. The van der Waals surface area contributed by atoms with Gasteiger partial charge in [0.1, 0.15) is 11.3 Å². The van der Waals surface area contributed by atoms with Crippen molar-refractivity contribution in [1.82, 2.24) is 5.32 Å². The van der Waals surface area contributed by atoms with Crippen LogP contribution < -0.4 is 15.4 Å². The van der Waals surface area contributed by atoms with E-state index in [0.29, 0.717) is 22.3 Å². The molecule has 2 amide bonds. The lowest BCUT2D eigenvalue weighted by atomic mass is 10.2. The lowest BCUT2D eigenvalue weighted by Gasteiger charge is -2.13. The highest BCUT2D eigenvalue weighted by molar-refractivity contribution is 7.99. The molecule has 0 aliphatic heterocycles. The average molecular weight is 479 g/mol. The molecular weight excluding hydrogens is 454 g/mol. The van der Waals surface area contributed by atoms with Crippen LogP contribution in [0.5, 0.6) is 5.75 Å². The lowest BCUT2D eigenvalue weighted by Crippen LogP contribution is -2.35. The van der Waals surface area contributed by atoms with Crippen molar-refractivity contribution in [2.45, 2.75) is 42.4 Å². The highest BCUT2D eigenvalue weighted by Gasteiger charge is 2.20. The summed E-state index contributed by atoms with van der Waals surface area (Å²) in [5, 5.41) is 5.42. The van der Waals surface area contributed by atoms with Crippen LogP contribution in [0.2, 0.25) is 0 Å². The number of ether oxygens (including phenoxy) is 2. The number of carbonyl (C=O) groups is 3. The standard InChI is InChI=1S/C23H24F2N2O5S/c24-23(25)33-17-11-9-16(10-12-17)27-20(28)13-31-19-8-4-3-7-18(19)22(30)32-14-21(29)26-15-5-1-2-6-15/h3-4,7-12,15,23H,1-2,5-6,13-14H2,(H,26,29)(H,27,28). The maximum Gasteiger partial charge on any atom is 0.342 e. The number of benzene rings is 2. The van der Waals surface area contributed by atoms with E-state index in [1.165, 1.54) is 36.4 Å². The monoisotopic (exact) mass is 478 g/mol. The molecular formula is C23H24F2N2O5S. The fourth-order valence-corrected chi connectivity index (χ4v) is 3.87. The first-order valence-electron chi connectivity index (χ1n) is 10.4. The normalized spacial score (nSPS) is 13.5. The van der Waals surface area contributed by atoms with E-state index >= 15 is 0 Å². The molecule has 2 aromatic rings. The third kappa shape index (κ3) is 8.05. The quantitative estimate of drug-likeness (QED) is 0.392. The van der Waals surface area contributed by atoms with Gasteiger partial charge in [0.15, 0.2) is 13.2 Å². The zero-order chi connectivity index (χ0) is 23.6. The van der Waals surface area contributed by atoms with Crippen LogP contribution >= 0.6 is 11.8 Å². The highest BCUT2D eigenvalue weighted by atomic mass is 32.2. The van der Waals surface area contributed by atoms with E-state index < -0.39 is 24.2 Å². The number of esters is 1. The van der Waals surface area contributed by atoms with Crippen LogP contribution in [0.25, 0.3) is 0 Å². The van der Waals surface area contributed by atoms with Crippen molar-refractivity contribution in [3.8, 4) is 5.75 Å². The Labute approximate surface area is 194 Å². The number of hydrogen-bond acceptors (Lipinski definition) is 6. The van der Waals surface area contributed by atoms with Gasteiger partial charge in [0.05, 0.1) is 0 Å². The third-order valence-corrected chi connectivity index (χ3v) is 5.61. The molecule has 1 fully saturated rings. The Kier molecular flexibility index (Phi) is 9.05. The van der Waals surface area contributed by atoms with E-state index in [0.717, 1.165) is 25.7 Å². The van der Waals surface area contributed by atoms with Crippen molar-refractivity contribution in [3.63, 3.8) is 0 Å². The van der Waals surface area contributed by atoms with Crippen LogP contribution in [0.3, 0.4) is 0 Å². The third-order valence-electron chi connectivity index (χ3n) is 4.88. The van der Waals surface area contributed by atoms with Crippen LogP contribution in [0.1, 0.15) is 36.0 Å².